The van der Waals surface area contributed by atoms with Gasteiger partial charge in [0.2, 0.25) is 5.91 Å². The fraction of sp³-hybridized carbons (Fsp3) is 0.667. The molecular formula is C18H31Cl3N4O. The van der Waals surface area contributed by atoms with Crippen LogP contribution in [-0.4, -0.2) is 52.9 Å². The molecule has 5 nitrogen and oxygen atoms in total. The number of hydrogen-bond donors (Lipinski definition) is 1. The fourth-order valence-corrected chi connectivity index (χ4v) is 3.86. The Morgan fingerprint density at radius 2 is 1.92 bits per heavy atom. The van der Waals surface area contributed by atoms with Crippen LogP contribution < -0.4 is 5.73 Å². The molecule has 3 atom stereocenters. The predicted molar refractivity (Wildman–Crippen MR) is 112 cm³/mol. The molecule has 0 radical (unpaired) electrons. The van der Waals surface area contributed by atoms with Crippen molar-refractivity contribution in [1.29, 1.82) is 0 Å². The average Bonchev–Trinajstić information content (AvgIpc) is 3.00. The molecule has 8 heteroatoms. The summed E-state index contributed by atoms with van der Waals surface area (Å²) < 4.78 is 0. The third-order valence-electron chi connectivity index (χ3n) is 5.54. The summed E-state index contributed by atoms with van der Waals surface area (Å²) >= 11 is 0. The van der Waals surface area contributed by atoms with Gasteiger partial charge in [-0.3, -0.25) is 14.7 Å². The van der Waals surface area contributed by atoms with Crippen LogP contribution in [0.2, 0.25) is 0 Å². The minimum absolute atomic E-state index is 0. The van der Waals surface area contributed by atoms with Gasteiger partial charge in [-0.2, -0.15) is 0 Å². The number of rotatable bonds is 4. The Kier molecular flexibility index (Phi) is 11.7. The van der Waals surface area contributed by atoms with Crippen molar-refractivity contribution in [2.75, 3.05) is 26.2 Å². The van der Waals surface area contributed by atoms with Crippen LogP contribution in [0.4, 0.5) is 0 Å². The summed E-state index contributed by atoms with van der Waals surface area (Å²) in [6, 6.07) is 4.68. The van der Waals surface area contributed by atoms with Crippen LogP contribution in [0.5, 0.6) is 0 Å². The van der Waals surface area contributed by atoms with Gasteiger partial charge >= 0.3 is 0 Å². The maximum Gasteiger partial charge on any atom is 0.222 e. The summed E-state index contributed by atoms with van der Waals surface area (Å²) in [5.74, 6) is 0.691. The third kappa shape index (κ3) is 6.24. The van der Waals surface area contributed by atoms with E-state index < -0.39 is 0 Å². The van der Waals surface area contributed by atoms with Gasteiger partial charge in [-0.05, 0) is 37.3 Å². The summed E-state index contributed by atoms with van der Waals surface area (Å²) in [5, 5.41) is 0. The standard InChI is InChI=1S/C18H28N4O.3ClH/c1-14(16-5-3-7-20-13-16)21-8-10-22(11-9-21)18(23)12-15-4-2-6-17(15)19;;;/h3,5,7,13-15,17H,2,4,6,8-12,19H2,1H3;3*1H/t14?,15-,17+;;;/m0.../s1. The monoisotopic (exact) mass is 424 g/mol. The first kappa shape index (κ1) is 25.4. The maximum atomic E-state index is 12.5. The zero-order chi connectivity index (χ0) is 16.2. The lowest BCUT2D eigenvalue weighted by atomic mass is 9.99. The van der Waals surface area contributed by atoms with Crippen molar-refractivity contribution >= 4 is 43.1 Å². The first-order valence-electron chi connectivity index (χ1n) is 8.82. The molecule has 2 aliphatic rings. The average molecular weight is 426 g/mol. The first-order valence-corrected chi connectivity index (χ1v) is 8.82. The lowest BCUT2D eigenvalue weighted by molar-refractivity contribution is -0.134. The van der Waals surface area contributed by atoms with E-state index in [0.717, 1.165) is 39.0 Å². The molecule has 26 heavy (non-hydrogen) atoms. The van der Waals surface area contributed by atoms with Crippen LogP contribution in [0.15, 0.2) is 24.5 Å². The zero-order valence-electron chi connectivity index (χ0n) is 15.3. The Labute approximate surface area is 175 Å². The first-order chi connectivity index (χ1) is 11.1. The van der Waals surface area contributed by atoms with Crippen molar-refractivity contribution in [2.45, 2.75) is 44.7 Å². The Morgan fingerprint density at radius 3 is 2.46 bits per heavy atom. The van der Waals surface area contributed by atoms with Crippen molar-refractivity contribution < 1.29 is 4.79 Å². The Morgan fingerprint density at radius 1 is 1.23 bits per heavy atom. The second-order valence-electron chi connectivity index (χ2n) is 6.94. The number of nitrogens with two attached hydrogens (primary N) is 1. The highest BCUT2D eigenvalue weighted by Gasteiger charge is 2.30. The second-order valence-corrected chi connectivity index (χ2v) is 6.94. The van der Waals surface area contributed by atoms with Crippen molar-refractivity contribution in [3.8, 4) is 0 Å². The molecule has 1 saturated heterocycles. The maximum absolute atomic E-state index is 12.5. The van der Waals surface area contributed by atoms with Crippen molar-refractivity contribution in [3.05, 3.63) is 30.1 Å². The van der Waals surface area contributed by atoms with Gasteiger partial charge in [-0.15, -0.1) is 37.2 Å². The van der Waals surface area contributed by atoms with Gasteiger partial charge in [-0.1, -0.05) is 12.5 Å². The van der Waals surface area contributed by atoms with Crippen LogP contribution in [-0.2, 0) is 4.79 Å². The van der Waals surface area contributed by atoms with E-state index in [4.69, 9.17) is 5.73 Å². The number of carbonyl (C=O) groups is 1. The summed E-state index contributed by atoms with van der Waals surface area (Å²) in [5.41, 5.74) is 7.34. The molecule has 0 spiro atoms. The summed E-state index contributed by atoms with van der Waals surface area (Å²) in [6.45, 7) is 5.72. The van der Waals surface area contributed by atoms with E-state index in [1.807, 2.05) is 17.2 Å². The van der Waals surface area contributed by atoms with Crippen LogP contribution >= 0.6 is 37.2 Å². The van der Waals surface area contributed by atoms with E-state index in [2.05, 4.69) is 22.9 Å². The smallest absolute Gasteiger partial charge is 0.222 e. The number of carbonyl (C=O) groups excluding carboxylic acids is 1. The second kappa shape index (κ2) is 12.0. The van der Waals surface area contributed by atoms with E-state index in [9.17, 15) is 4.79 Å². The molecular weight excluding hydrogens is 395 g/mol. The van der Waals surface area contributed by atoms with Gasteiger partial charge in [0.1, 0.15) is 0 Å². The molecule has 1 saturated carbocycles. The van der Waals surface area contributed by atoms with Crippen LogP contribution in [0.1, 0.15) is 44.2 Å². The van der Waals surface area contributed by atoms with Crippen molar-refractivity contribution in [3.63, 3.8) is 0 Å². The fourth-order valence-electron chi connectivity index (χ4n) is 3.86. The number of nitrogens with zero attached hydrogens (tertiary/aromatic N) is 3. The quantitative estimate of drug-likeness (QED) is 0.805. The van der Waals surface area contributed by atoms with E-state index >= 15 is 0 Å². The largest absolute Gasteiger partial charge is 0.340 e. The number of amides is 1. The Hall–Kier alpha value is -0.590. The molecule has 1 aromatic heterocycles. The van der Waals surface area contributed by atoms with Gasteiger partial charge < -0.3 is 10.6 Å². The van der Waals surface area contributed by atoms with Crippen molar-refractivity contribution in [2.24, 2.45) is 11.7 Å². The molecule has 150 valence electrons. The summed E-state index contributed by atoms with van der Waals surface area (Å²) in [7, 11) is 0. The van der Waals surface area contributed by atoms with Gasteiger partial charge in [0.15, 0.2) is 0 Å². The van der Waals surface area contributed by atoms with E-state index in [1.165, 1.54) is 12.0 Å². The van der Waals surface area contributed by atoms with Gasteiger partial charge in [0.05, 0.1) is 0 Å². The number of hydrogen-bond acceptors (Lipinski definition) is 4. The minimum Gasteiger partial charge on any atom is -0.340 e. The Bertz CT molecular complexity index is 526. The van der Waals surface area contributed by atoms with Gasteiger partial charge in [0, 0.05) is 57.1 Å². The molecule has 0 bridgehead atoms. The highest BCUT2D eigenvalue weighted by atomic mass is 35.5. The molecule has 3 rings (SSSR count). The molecule has 0 aromatic carbocycles. The molecule has 1 aliphatic carbocycles. The number of aromatic nitrogens is 1. The van der Waals surface area contributed by atoms with E-state index in [0.29, 0.717) is 24.3 Å². The minimum atomic E-state index is 0. The lowest BCUT2D eigenvalue weighted by Gasteiger charge is -2.38. The lowest BCUT2D eigenvalue weighted by Crippen LogP contribution is -2.49. The van der Waals surface area contributed by atoms with Gasteiger partial charge in [-0.25, -0.2) is 0 Å². The number of halogens is 3. The number of piperazine rings is 1. The molecule has 2 N–H and O–H groups in total. The summed E-state index contributed by atoms with van der Waals surface area (Å²) in [6.07, 6.45) is 7.75. The molecule has 1 unspecified atom stereocenters. The topological polar surface area (TPSA) is 62.5 Å². The molecule has 1 amide bonds. The molecule has 2 fully saturated rings. The highest BCUT2D eigenvalue weighted by molar-refractivity contribution is 5.86. The normalized spacial score (nSPS) is 24.0. The Balaban J connectivity index is 0.00000208. The third-order valence-corrected chi connectivity index (χ3v) is 5.54. The SMILES string of the molecule is CC(c1cccnc1)N1CCN(C(=O)C[C@@H]2CCC[C@H]2N)CC1.Cl.Cl.Cl. The van der Waals surface area contributed by atoms with Crippen molar-refractivity contribution in [1.82, 2.24) is 14.8 Å². The van der Waals surface area contributed by atoms with Crippen LogP contribution in [0, 0.1) is 5.92 Å². The van der Waals surface area contributed by atoms with Crippen LogP contribution in [0.3, 0.4) is 0 Å². The molecule has 1 aromatic rings. The van der Waals surface area contributed by atoms with E-state index in [1.54, 1.807) is 6.20 Å². The summed E-state index contributed by atoms with van der Waals surface area (Å²) in [4.78, 5) is 21.2. The zero-order valence-corrected chi connectivity index (χ0v) is 17.7. The predicted octanol–water partition coefficient (Wildman–Crippen LogP) is 3.07. The molecule has 1 aliphatic heterocycles. The number of pyridine rings is 1. The van der Waals surface area contributed by atoms with E-state index in [-0.39, 0.29) is 43.3 Å². The highest BCUT2D eigenvalue weighted by Crippen LogP contribution is 2.28. The van der Waals surface area contributed by atoms with Crippen LogP contribution in [0.25, 0.3) is 0 Å². The van der Waals surface area contributed by atoms with Gasteiger partial charge in [0.25, 0.3) is 0 Å². The molecule has 2 heterocycles.